The minimum atomic E-state index is -4.30. The summed E-state index contributed by atoms with van der Waals surface area (Å²) in [6.07, 6.45) is -2.15. The Kier molecular flexibility index (Phi) is 1.81. The first-order valence-electron chi connectivity index (χ1n) is 5.11. The third-order valence-corrected chi connectivity index (χ3v) is 2.79. The molecule has 1 aromatic heterocycles. The van der Waals surface area contributed by atoms with Gasteiger partial charge in [-0.1, -0.05) is 0 Å². The van der Waals surface area contributed by atoms with E-state index in [2.05, 4.69) is 9.97 Å². The van der Waals surface area contributed by atoms with Crippen molar-refractivity contribution in [1.82, 2.24) is 9.97 Å². The average Bonchev–Trinajstić information content (AvgIpc) is 2.96. The number of nitrogens with one attached hydrogen (secondary N) is 1. The van der Waals surface area contributed by atoms with Crippen LogP contribution in [0, 0.1) is 0 Å². The zero-order chi connectivity index (χ0) is 11.3. The number of H-pyrrole nitrogens is 1. The van der Waals surface area contributed by atoms with Crippen molar-refractivity contribution in [2.75, 3.05) is 0 Å². The summed E-state index contributed by atoms with van der Waals surface area (Å²) in [5.41, 5.74) is 0.431. The minimum absolute atomic E-state index is 0.400. The fraction of sp³-hybridized carbons (Fsp3) is 0.364. The molecule has 0 saturated heterocycles. The van der Waals surface area contributed by atoms with Crippen molar-refractivity contribution in [1.29, 1.82) is 0 Å². The molecule has 1 aromatic carbocycles. The van der Waals surface area contributed by atoms with Gasteiger partial charge in [0.1, 0.15) is 5.82 Å². The Bertz CT molecular complexity index is 538. The van der Waals surface area contributed by atoms with Gasteiger partial charge in [-0.15, -0.1) is 0 Å². The summed E-state index contributed by atoms with van der Waals surface area (Å²) in [5, 5.41) is 0. The molecule has 16 heavy (non-hydrogen) atoms. The quantitative estimate of drug-likeness (QED) is 0.792. The molecule has 1 aliphatic carbocycles. The number of hydrogen-bond acceptors (Lipinski definition) is 1. The number of benzene rings is 1. The van der Waals surface area contributed by atoms with E-state index in [9.17, 15) is 13.2 Å². The van der Waals surface area contributed by atoms with E-state index in [0.29, 0.717) is 17.0 Å². The van der Waals surface area contributed by atoms with Crippen LogP contribution in [0.4, 0.5) is 13.2 Å². The summed E-state index contributed by atoms with van der Waals surface area (Å²) in [6.45, 7) is 0. The number of aromatic nitrogens is 2. The van der Waals surface area contributed by atoms with Crippen LogP contribution in [-0.2, 0) is 6.18 Å². The molecule has 5 heteroatoms. The third-order valence-electron chi connectivity index (χ3n) is 2.79. The highest BCUT2D eigenvalue weighted by Crippen LogP contribution is 2.39. The third kappa shape index (κ3) is 1.56. The number of fused-ring (bicyclic) bond motifs is 1. The van der Waals surface area contributed by atoms with Crippen molar-refractivity contribution >= 4 is 11.0 Å². The maximum absolute atomic E-state index is 12.5. The van der Waals surface area contributed by atoms with Gasteiger partial charge in [-0.25, -0.2) is 4.98 Å². The molecule has 1 heterocycles. The molecule has 0 radical (unpaired) electrons. The molecule has 0 spiro atoms. The van der Waals surface area contributed by atoms with Gasteiger partial charge in [0.15, 0.2) is 0 Å². The van der Waals surface area contributed by atoms with Crippen molar-refractivity contribution < 1.29 is 13.2 Å². The number of imidazole rings is 1. The van der Waals surface area contributed by atoms with Crippen molar-refractivity contribution in [3.8, 4) is 0 Å². The molecule has 2 nitrogen and oxygen atoms in total. The van der Waals surface area contributed by atoms with Crippen molar-refractivity contribution in [3.05, 3.63) is 29.6 Å². The van der Waals surface area contributed by atoms with Crippen LogP contribution in [0.5, 0.6) is 0 Å². The lowest BCUT2D eigenvalue weighted by Gasteiger charge is -2.04. The summed E-state index contributed by atoms with van der Waals surface area (Å²) in [4.78, 5) is 7.25. The zero-order valence-corrected chi connectivity index (χ0v) is 8.30. The second kappa shape index (κ2) is 2.99. The van der Waals surface area contributed by atoms with E-state index < -0.39 is 11.7 Å². The summed E-state index contributed by atoms with van der Waals surface area (Å²) >= 11 is 0. The lowest BCUT2D eigenvalue weighted by Crippen LogP contribution is -2.04. The Morgan fingerprint density at radius 1 is 1.25 bits per heavy atom. The van der Waals surface area contributed by atoms with Crippen molar-refractivity contribution in [2.45, 2.75) is 24.9 Å². The van der Waals surface area contributed by atoms with Gasteiger partial charge >= 0.3 is 6.18 Å². The second-order valence-corrected chi connectivity index (χ2v) is 4.13. The van der Waals surface area contributed by atoms with Crippen molar-refractivity contribution in [3.63, 3.8) is 0 Å². The van der Waals surface area contributed by atoms with Gasteiger partial charge < -0.3 is 4.98 Å². The number of alkyl halides is 3. The Morgan fingerprint density at radius 3 is 2.62 bits per heavy atom. The Hall–Kier alpha value is -1.52. The maximum atomic E-state index is 12.5. The largest absolute Gasteiger partial charge is 0.416 e. The molecular formula is C11H9F3N2. The summed E-state index contributed by atoms with van der Waals surface area (Å²) in [5.74, 6) is 1.23. The average molecular weight is 226 g/mol. The summed E-state index contributed by atoms with van der Waals surface area (Å²) in [6, 6.07) is 3.62. The fourth-order valence-electron chi connectivity index (χ4n) is 1.75. The first-order valence-corrected chi connectivity index (χ1v) is 5.11. The first kappa shape index (κ1) is 9.69. The van der Waals surface area contributed by atoms with E-state index in [1.165, 1.54) is 6.07 Å². The molecule has 1 saturated carbocycles. The highest BCUT2D eigenvalue weighted by Gasteiger charge is 2.31. The number of halogens is 3. The summed E-state index contributed by atoms with van der Waals surface area (Å²) in [7, 11) is 0. The van der Waals surface area contributed by atoms with E-state index in [1.807, 2.05) is 0 Å². The first-order chi connectivity index (χ1) is 7.54. The van der Waals surface area contributed by atoms with E-state index in [-0.39, 0.29) is 0 Å². The molecule has 0 bridgehead atoms. The Labute approximate surface area is 89.5 Å². The second-order valence-electron chi connectivity index (χ2n) is 4.13. The number of hydrogen-bond donors (Lipinski definition) is 1. The van der Waals surface area contributed by atoms with E-state index in [4.69, 9.17) is 0 Å². The lowest BCUT2D eigenvalue weighted by molar-refractivity contribution is -0.137. The van der Waals surface area contributed by atoms with Crippen LogP contribution in [0.3, 0.4) is 0 Å². The van der Waals surface area contributed by atoms with Crippen LogP contribution in [0.25, 0.3) is 11.0 Å². The van der Waals surface area contributed by atoms with Gasteiger partial charge in [0.2, 0.25) is 0 Å². The Balaban J connectivity index is 2.10. The lowest BCUT2D eigenvalue weighted by atomic mass is 10.2. The van der Waals surface area contributed by atoms with Gasteiger partial charge in [-0.05, 0) is 31.0 Å². The molecule has 1 fully saturated rings. The van der Waals surface area contributed by atoms with E-state index in [1.54, 1.807) is 0 Å². The summed E-state index contributed by atoms with van der Waals surface area (Å²) < 4.78 is 37.4. The van der Waals surface area contributed by atoms with Crippen LogP contribution in [0.1, 0.15) is 30.1 Å². The molecule has 84 valence electrons. The highest BCUT2D eigenvalue weighted by atomic mass is 19.4. The van der Waals surface area contributed by atoms with Crippen molar-refractivity contribution in [2.24, 2.45) is 0 Å². The predicted octanol–water partition coefficient (Wildman–Crippen LogP) is 3.46. The molecular weight excluding hydrogens is 217 g/mol. The van der Waals surface area contributed by atoms with Crippen LogP contribution < -0.4 is 0 Å². The number of nitrogens with zero attached hydrogens (tertiary/aromatic N) is 1. The van der Waals surface area contributed by atoms with Gasteiger partial charge in [0.25, 0.3) is 0 Å². The van der Waals surface area contributed by atoms with Crippen LogP contribution in [-0.4, -0.2) is 9.97 Å². The normalized spacial score (nSPS) is 16.9. The SMILES string of the molecule is FC(F)(F)c1ccc2[nH]c(C3CC3)nc2c1. The maximum Gasteiger partial charge on any atom is 0.416 e. The van der Waals surface area contributed by atoms with E-state index >= 15 is 0 Å². The van der Waals surface area contributed by atoms with Crippen LogP contribution in [0.2, 0.25) is 0 Å². The van der Waals surface area contributed by atoms with Crippen LogP contribution >= 0.6 is 0 Å². The molecule has 1 aliphatic rings. The molecule has 0 unspecified atom stereocenters. The molecule has 3 rings (SSSR count). The standard InChI is InChI=1S/C11H9F3N2/c12-11(13,14)7-3-4-8-9(5-7)16-10(15-8)6-1-2-6/h3-6H,1-2H2,(H,15,16). The van der Waals surface area contributed by atoms with Gasteiger partial charge in [-0.3, -0.25) is 0 Å². The molecule has 0 amide bonds. The predicted molar refractivity (Wildman–Crippen MR) is 53.1 cm³/mol. The van der Waals surface area contributed by atoms with Gasteiger partial charge in [0, 0.05) is 5.92 Å². The van der Waals surface area contributed by atoms with Crippen LogP contribution in [0.15, 0.2) is 18.2 Å². The smallest absolute Gasteiger partial charge is 0.342 e. The monoisotopic (exact) mass is 226 g/mol. The molecule has 0 aliphatic heterocycles. The Morgan fingerprint density at radius 2 is 2.00 bits per heavy atom. The minimum Gasteiger partial charge on any atom is -0.342 e. The topological polar surface area (TPSA) is 28.7 Å². The fourth-order valence-corrected chi connectivity index (χ4v) is 1.75. The highest BCUT2D eigenvalue weighted by molar-refractivity contribution is 5.76. The number of rotatable bonds is 1. The van der Waals surface area contributed by atoms with Gasteiger partial charge in [-0.2, -0.15) is 13.2 Å². The zero-order valence-electron chi connectivity index (χ0n) is 8.30. The molecule has 2 aromatic rings. The number of aromatic amines is 1. The van der Waals surface area contributed by atoms with Gasteiger partial charge in [0.05, 0.1) is 16.6 Å². The molecule has 0 atom stereocenters. The molecule has 1 N–H and O–H groups in total. The van der Waals surface area contributed by atoms with E-state index in [0.717, 1.165) is 30.8 Å².